The Morgan fingerprint density at radius 2 is 1.54 bits per heavy atom. The van der Waals surface area contributed by atoms with Crippen molar-refractivity contribution in [3.63, 3.8) is 0 Å². The second-order valence-electron chi connectivity index (χ2n) is 8.38. The van der Waals surface area contributed by atoms with Crippen LogP contribution in [0.4, 0.5) is 11.4 Å². The standard InChI is InChI=1S/C28H24N2O4S/c1-20-7-14-26(15-8-20)35(32,33)30-18-17-21-19-22(9-16-27(21)30)28(31)29-23-10-12-25(13-11-23)34-24-5-3-2-4-6-24/h2-16,19H,17-18H2,1H3,(H,29,31). The fourth-order valence-electron chi connectivity index (χ4n) is 4.03. The third-order valence-electron chi connectivity index (χ3n) is 5.89. The molecule has 0 fully saturated rings. The number of anilines is 2. The largest absolute Gasteiger partial charge is 0.457 e. The third kappa shape index (κ3) is 4.76. The van der Waals surface area contributed by atoms with E-state index in [0.29, 0.717) is 35.7 Å². The van der Waals surface area contributed by atoms with Crippen molar-refractivity contribution in [2.24, 2.45) is 0 Å². The van der Waals surface area contributed by atoms with E-state index in [9.17, 15) is 13.2 Å². The number of para-hydroxylation sites is 1. The highest BCUT2D eigenvalue weighted by atomic mass is 32.2. The lowest BCUT2D eigenvalue weighted by molar-refractivity contribution is 0.102. The number of carbonyl (C=O) groups excluding carboxylic acids is 1. The smallest absolute Gasteiger partial charge is 0.264 e. The van der Waals surface area contributed by atoms with Gasteiger partial charge in [-0.15, -0.1) is 0 Å². The molecule has 0 saturated heterocycles. The molecule has 1 heterocycles. The molecule has 1 aliphatic heterocycles. The number of fused-ring (bicyclic) bond motifs is 1. The van der Waals surface area contributed by atoms with Crippen molar-refractivity contribution in [2.75, 3.05) is 16.2 Å². The summed E-state index contributed by atoms with van der Waals surface area (Å²) in [7, 11) is -3.66. The van der Waals surface area contributed by atoms with Crippen molar-refractivity contribution in [1.29, 1.82) is 0 Å². The van der Waals surface area contributed by atoms with Gasteiger partial charge in [0.2, 0.25) is 0 Å². The van der Waals surface area contributed by atoms with Crippen molar-refractivity contribution in [2.45, 2.75) is 18.2 Å². The van der Waals surface area contributed by atoms with Crippen LogP contribution in [0.15, 0.2) is 102 Å². The molecule has 0 unspecified atom stereocenters. The van der Waals surface area contributed by atoms with E-state index in [4.69, 9.17) is 4.74 Å². The molecule has 6 nitrogen and oxygen atoms in total. The molecule has 1 N–H and O–H groups in total. The van der Waals surface area contributed by atoms with Crippen molar-refractivity contribution in [1.82, 2.24) is 0 Å². The maximum Gasteiger partial charge on any atom is 0.264 e. The predicted molar refractivity (Wildman–Crippen MR) is 137 cm³/mol. The summed E-state index contributed by atoms with van der Waals surface area (Å²) in [5.74, 6) is 1.15. The first-order chi connectivity index (χ1) is 16.9. The summed E-state index contributed by atoms with van der Waals surface area (Å²) < 4.78 is 33.5. The molecule has 176 valence electrons. The number of nitrogens with zero attached hydrogens (tertiary/aromatic N) is 1. The van der Waals surface area contributed by atoms with Crippen molar-refractivity contribution >= 4 is 27.3 Å². The first kappa shape index (κ1) is 22.7. The Balaban J connectivity index is 1.29. The molecule has 5 rings (SSSR count). The lowest BCUT2D eigenvalue weighted by Crippen LogP contribution is -2.29. The number of nitrogens with one attached hydrogen (secondary N) is 1. The summed E-state index contributed by atoms with van der Waals surface area (Å²) in [5, 5.41) is 2.89. The number of hydrogen-bond acceptors (Lipinski definition) is 4. The van der Waals surface area contributed by atoms with Crippen LogP contribution in [0.2, 0.25) is 0 Å². The van der Waals surface area contributed by atoms with E-state index >= 15 is 0 Å². The molecular formula is C28H24N2O4S. The summed E-state index contributed by atoms with van der Waals surface area (Å²) in [5.41, 5.74) is 3.56. The van der Waals surface area contributed by atoms with Gasteiger partial charge in [0.1, 0.15) is 11.5 Å². The molecule has 0 aromatic heterocycles. The summed E-state index contributed by atoms with van der Waals surface area (Å²) in [6.07, 6.45) is 0.549. The van der Waals surface area contributed by atoms with Crippen LogP contribution in [0.25, 0.3) is 0 Å². The average molecular weight is 485 g/mol. The van der Waals surface area contributed by atoms with Gasteiger partial charge in [-0.05, 0) is 85.6 Å². The zero-order valence-electron chi connectivity index (χ0n) is 19.1. The molecule has 0 radical (unpaired) electrons. The SMILES string of the molecule is Cc1ccc(S(=O)(=O)N2CCc3cc(C(=O)Nc4ccc(Oc5ccccc5)cc4)ccc32)cc1. The Hall–Kier alpha value is -4.10. The van der Waals surface area contributed by atoms with Gasteiger partial charge in [-0.3, -0.25) is 9.10 Å². The Morgan fingerprint density at radius 3 is 2.26 bits per heavy atom. The molecule has 0 aliphatic carbocycles. The van der Waals surface area contributed by atoms with Gasteiger partial charge in [-0.2, -0.15) is 0 Å². The zero-order chi connectivity index (χ0) is 24.4. The number of ether oxygens (including phenoxy) is 1. The molecule has 7 heteroatoms. The summed E-state index contributed by atoms with van der Waals surface area (Å²) in [6.45, 7) is 2.26. The first-order valence-corrected chi connectivity index (χ1v) is 12.7. The zero-order valence-corrected chi connectivity index (χ0v) is 20.0. The number of amides is 1. The number of hydrogen-bond donors (Lipinski definition) is 1. The molecule has 0 saturated carbocycles. The lowest BCUT2D eigenvalue weighted by Gasteiger charge is -2.20. The van der Waals surface area contributed by atoms with E-state index in [1.54, 1.807) is 66.7 Å². The molecule has 0 bridgehead atoms. The third-order valence-corrected chi connectivity index (χ3v) is 7.72. The van der Waals surface area contributed by atoms with Gasteiger partial charge >= 0.3 is 0 Å². The predicted octanol–water partition coefficient (Wildman–Crippen LogP) is 5.79. The Bertz CT molecular complexity index is 1470. The van der Waals surface area contributed by atoms with Crippen LogP contribution < -0.4 is 14.4 Å². The van der Waals surface area contributed by atoms with Crippen LogP contribution in [-0.2, 0) is 16.4 Å². The van der Waals surface area contributed by atoms with Crippen LogP contribution in [-0.4, -0.2) is 20.9 Å². The Kier molecular flexibility index (Phi) is 6.01. The lowest BCUT2D eigenvalue weighted by atomic mass is 10.1. The second kappa shape index (κ2) is 9.27. The number of sulfonamides is 1. The van der Waals surface area contributed by atoms with Gasteiger partial charge in [0.25, 0.3) is 15.9 Å². The van der Waals surface area contributed by atoms with Gasteiger partial charge in [-0.1, -0.05) is 35.9 Å². The van der Waals surface area contributed by atoms with Gasteiger partial charge < -0.3 is 10.1 Å². The van der Waals surface area contributed by atoms with Gasteiger partial charge in [-0.25, -0.2) is 8.42 Å². The molecule has 1 amide bonds. The number of rotatable bonds is 6. The number of benzene rings is 4. The van der Waals surface area contributed by atoms with Crippen molar-refractivity contribution in [3.05, 3.63) is 114 Å². The van der Waals surface area contributed by atoms with E-state index in [0.717, 1.165) is 16.9 Å². The van der Waals surface area contributed by atoms with Gasteiger partial charge in [0.05, 0.1) is 10.6 Å². The maximum atomic E-state index is 13.1. The Labute approximate surface area is 204 Å². The fourth-order valence-corrected chi connectivity index (χ4v) is 5.54. The molecule has 0 spiro atoms. The highest BCUT2D eigenvalue weighted by molar-refractivity contribution is 7.92. The van der Waals surface area contributed by atoms with Crippen LogP contribution >= 0.6 is 0 Å². The highest BCUT2D eigenvalue weighted by Crippen LogP contribution is 2.34. The monoisotopic (exact) mass is 484 g/mol. The topological polar surface area (TPSA) is 75.7 Å². The summed E-state index contributed by atoms with van der Waals surface area (Å²) >= 11 is 0. The Morgan fingerprint density at radius 1 is 0.857 bits per heavy atom. The molecular weight excluding hydrogens is 460 g/mol. The summed E-state index contributed by atoms with van der Waals surface area (Å²) in [6, 6.07) is 28.6. The van der Waals surface area contributed by atoms with Crippen LogP contribution in [0.5, 0.6) is 11.5 Å². The van der Waals surface area contributed by atoms with E-state index < -0.39 is 10.0 Å². The van der Waals surface area contributed by atoms with Gasteiger partial charge in [0, 0.05) is 17.8 Å². The van der Waals surface area contributed by atoms with Gasteiger partial charge in [0.15, 0.2) is 0 Å². The quantitative estimate of drug-likeness (QED) is 0.376. The minimum atomic E-state index is -3.66. The molecule has 1 aliphatic rings. The minimum absolute atomic E-state index is 0.260. The van der Waals surface area contributed by atoms with Crippen molar-refractivity contribution < 1.29 is 17.9 Å². The fraction of sp³-hybridized carbons (Fsp3) is 0.107. The minimum Gasteiger partial charge on any atom is -0.457 e. The number of aryl methyl sites for hydroxylation is 1. The van der Waals surface area contributed by atoms with E-state index in [2.05, 4.69) is 5.32 Å². The van der Waals surface area contributed by atoms with Crippen LogP contribution in [0, 0.1) is 6.92 Å². The maximum absolute atomic E-state index is 13.1. The van der Waals surface area contributed by atoms with Crippen LogP contribution in [0.3, 0.4) is 0 Å². The van der Waals surface area contributed by atoms with E-state index in [1.165, 1.54) is 4.31 Å². The molecule has 4 aromatic carbocycles. The molecule has 4 aromatic rings. The molecule has 35 heavy (non-hydrogen) atoms. The van der Waals surface area contributed by atoms with Crippen molar-refractivity contribution in [3.8, 4) is 11.5 Å². The first-order valence-electron chi connectivity index (χ1n) is 11.3. The molecule has 0 atom stereocenters. The highest BCUT2D eigenvalue weighted by Gasteiger charge is 2.31. The summed E-state index contributed by atoms with van der Waals surface area (Å²) in [4.78, 5) is 13.1. The second-order valence-corrected chi connectivity index (χ2v) is 10.2. The number of carbonyl (C=O) groups is 1. The van der Waals surface area contributed by atoms with Crippen LogP contribution in [0.1, 0.15) is 21.5 Å². The normalized spacial score (nSPS) is 12.8. The van der Waals surface area contributed by atoms with E-state index in [-0.39, 0.29) is 10.8 Å². The van der Waals surface area contributed by atoms with E-state index in [1.807, 2.05) is 37.3 Å². The average Bonchev–Trinajstić information content (AvgIpc) is 3.30.